The fourth-order valence-electron chi connectivity index (χ4n) is 2.74. The molecule has 0 heterocycles. The van der Waals surface area contributed by atoms with Crippen molar-refractivity contribution in [2.45, 2.75) is 58.1 Å². The molecule has 1 saturated carbocycles. The molecule has 1 aliphatic rings. The maximum atomic E-state index is 10.1. The zero-order valence-electron chi connectivity index (χ0n) is 12.2. The molecule has 0 radical (unpaired) electrons. The molecular formula is C17H27NO. The minimum absolute atomic E-state index is 0.221. The van der Waals surface area contributed by atoms with E-state index in [1.165, 1.54) is 24.0 Å². The standard InChI is InChI=1S/C17H27NO/c1-3-14(4-2)17(19)12-18-11-13-6-5-7-16(10-13)15-8-9-15/h5-7,10,14-15,17-19H,3-4,8-9,11-12H2,1-2H3. The highest BCUT2D eigenvalue weighted by Crippen LogP contribution is 2.40. The van der Waals surface area contributed by atoms with Crippen molar-refractivity contribution in [2.75, 3.05) is 6.54 Å². The van der Waals surface area contributed by atoms with Crippen LogP contribution in [0.3, 0.4) is 0 Å². The smallest absolute Gasteiger partial charge is 0.0692 e. The predicted molar refractivity (Wildman–Crippen MR) is 80.2 cm³/mol. The van der Waals surface area contributed by atoms with Gasteiger partial charge in [0.2, 0.25) is 0 Å². The van der Waals surface area contributed by atoms with Gasteiger partial charge in [-0.2, -0.15) is 0 Å². The molecule has 1 unspecified atom stereocenters. The van der Waals surface area contributed by atoms with E-state index in [4.69, 9.17) is 0 Å². The van der Waals surface area contributed by atoms with Crippen LogP contribution >= 0.6 is 0 Å². The molecule has 0 aliphatic heterocycles. The Kier molecular flexibility index (Phi) is 5.41. The molecule has 2 nitrogen and oxygen atoms in total. The van der Waals surface area contributed by atoms with Crippen LogP contribution in [-0.2, 0) is 6.54 Å². The Hall–Kier alpha value is -0.860. The summed E-state index contributed by atoms with van der Waals surface area (Å²) in [7, 11) is 0. The first-order chi connectivity index (χ1) is 9.24. The number of rotatable bonds is 8. The molecule has 1 aliphatic carbocycles. The summed E-state index contributed by atoms with van der Waals surface area (Å²) >= 11 is 0. The normalized spacial score (nSPS) is 16.8. The molecule has 19 heavy (non-hydrogen) atoms. The van der Waals surface area contributed by atoms with Gasteiger partial charge in [0.15, 0.2) is 0 Å². The molecule has 1 atom stereocenters. The second-order valence-electron chi connectivity index (χ2n) is 5.79. The molecule has 0 amide bonds. The average Bonchev–Trinajstić information content (AvgIpc) is 3.25. The van der Waals surface area contributed by atoms with Crippen molar-refractivity contribution in [3.63, 3.8) is 0 Å². The lowest BCUT2D eigenvalue weighted by Gasteiger charge is -2.20. The highest BCUT2D eigenvalue weighted by molar-refractivity contribution is 5.29. The summed E-state index contributed by atoms with van der Waals surface area (Å²) < 4.78 is 0. The van der Waals surface area contributed by atoms with Crippen LogP contribution < -0.4 is 5.32 Å². The van der Waals surface area contributed by atoms with Crippen molar-refractivity contribution < 1.29 is 5.11 Å². The second-order valence-corrected chi connectivity index (χ2v) is 5.79. The lowest BCUT2D eigenvalue weighted by Crippen LogP contribution is -2.32. The first kappa shape index (κ1) is 14.5. The fourth-order valence-corrected chi connectivity index (χ4v) is 2.74. The Morgan fingerprint density at radius 3 is 2.63 bits per heavy atom. The van der Waals surface area contributed by atoms with Gasteiger partial charge in [0.25, 0.3) is 0 Å². The van der Waals surface area contributed by atoms with Crippen LogP contribution in [0.25, 0.3) is 0 Å². The third kappa shape index (κ3) is 4.32. The summed E-state index contributed by atoms with van der Waals surface area (Å²) in [5.74, 6) is 1.24. The first-order valence-corrected chi connectivity index (χ1v) is 7.72. The largest absolute Gasteiger partial charge is 0.392 e. The van der Waals surface area contributed by atoms with Crippen molar-refractivity contribution in [1.82, 2.24) is 5.32 Å². The van der Waals surface area contributed by atoms with Gasteiger partial charge in [-0.3, -0.25) is 0 Å². The van der Waals surface area contributed by atoms with Crippen LogP contribution in [0, 0.1) is 5.92 Å². The van der Waals surface area contributed by atoms with Crippen molar-refractivity contribution >= 4 is 0 Å². The molecule has 0 saturated heterocycles. The monoisotopic (exact) mass is 261 g/mol. The van der Waals surface area contributed by atoms with Crippen LogP contribution in [0.15, 0.2) is 24.3 Å². The highest BCUT2D eigenvalue weighted by Gasteiger charge is 2.23. The van der Waals surface area contributed by atoms with Gasteiger partial charge in [0, 0.05) is 13.1 Å². The van der Waals surface area contributed by atoms with Gasteiger partial charge in [0.05, 0.1) is 6.10 Å². The number of aliphatic hydroxyl groups is 1. The van der Waals surface area contributed by atoms with E-state index in [-0.39, 0.29) is 6.10 Å². The van der Waals surface area contributed by atoms with Crippen LogP contribution in [0.5, 0.6) is 0 Å². The molecule has 2 rings (SSSR count). The predicted octanol–water partition coefficient (Wildman–Crippen LogP) is 3.45. The summed E-state index contributed by atoms with van der Waals surface area (Å²) in [6.45, 7) is 5.85. The third-order valence-corrected chi connectivity index (χ3v) is 4.28. The number of aliphatic hydroxyl groups excluding tert-OH is 1. The van der Waals surface area contributed by atoms with Gasteiger partial charge in [0.1, 0.15) is 0 Å². The van der Waals surface area contributed by atoms with Crippen molar-refractivity contribution in [2.24, 2.45) is 5.92 Å². The molecule has 1 fully saturated rings. The van der Waals surface area contributed by atoms with Gasteiger partial charge < -0.3 is 10.4 Å². The van der Waals surface area contributed by atoms with E-state index in [1.807, 2.05) is 0 Å². The molecule has 1 aromatic rings. The van der Waals surface area contributed by atoms with E-state index in [0.29, 0.717) is 12.5 Å². The summed E-state index contributed by atoms with van der Waals surface area (Å²) in [6, 6.07) is 8.87. The van der Waals surface area contributed by atoms with Crippen LogP contribution in [0.2, 0.25) is 0 Å². The molecule has 0 spiro atoms. The zero-order chi connectivity index (χ0) is 13.7. The van der Waals surface area contributed by atoms with Gasteiger partial charge in [-0.15, -0.1) is 0 Å². The summed E-state index contributed by atoms with van der Waals surface area (Å²) in [5.41, 5.74) is 2.82. The van der Waals surface area contributed by atoms with Gasteiger partial charge in [-0.25, -0.2) is 0 Å². The Morgan fingerprint density at radius 1 is 1.26 bits per heavy atom. The van der Waals surface area contributed by atoms with E-state index in [0.717, 1.165) is 25.3 Å². The van der Waals surface area contributed by atoms with E-state index < -0.39 is 0 Å². The minimum Gasteiger partial charge on any atom is -0.392 e. The highest BCUT2D eigenvalue weighted by atomic mass is 16.3. The maximum Gasteiger partial charge on any atom is 0.0692 e. The number of benzene rings is 1. The summed E-state index contributed by atoms with van der Waals surface area (Å²) in [6.07, 6.45) is 4.59. The fraction of sp³-hybridized carbons (Fsp3) is 0.647. The van der Waals surface area contributed by atoms with Gasteiger partial charge >= 0.3 is 0 Å². The lowest BCUT2D eigenvalue weighted by atomic mass is 9.96. The van der Waals surface area contributed by atoms with E-state index >= 15 is 0 Å². The van der Waals surface area contributed by atoms with Crippen molar-refractivity contribution in [1.29, 1.82) is 0 Å². The Balaban J connectivity index is 1.77. The third-order valence-electron chi connectivity index (χ3n) is 4.28. The van der Waals surface area contributed by atoms with Crippen LogP contribution in [-0.4, -0.2) is 17.8 Å². The first-order valence-electron chi connectivity index (χ1n) is 7.72. The number of hydrogen-bond acceptors (Lipinski definition) is 2. The topological polar surface area (TPSA) is 32.3 Å². The number of nitrogens with one attached hydrogen (secondary N) is 1. The van der Waals surface area contributed by atoms with Gasteiger partial charge in [-0.1, -0.05) is 51.0 Å². The van der Waals surface area contributed by atoms with E-state index in [2.05, 4.69) is 43.4 Å². The lowest BCUT2D eigenvalue weighted by molar-refractivity contribution is 0.101. The average molecular weight is 261 g/mol. The molecule has 1 aromatic carbocycles. The molecule has 106 valence electrons. The Morgan fingerprint density at radius 2 is 2.00 bits per heavy atom. The molecule has 0 bridgehead atoms. The van der Waals surface area contributed by atoms with Crippen LogP contribution in [0.4, 0.5) is 0 Å². The minimum atomic E-state index is -0.221. The molecular weight excluding hydrogens is 234 g/mol. The summed E-state index contributed by atoms with van der Waals surface area (Å²) in [5, 5.41) is 13.5. The second kappa shape index (κ2) is 7.06. The maximum absolute atomic E-state index is 10.1. The van der Waals surface area contributed by atoms with Gasteiger partial charge in [-0.05, 0) is 35.8 Å². The quantitative estimate of drug-likeness (QED) is 0.751. The van der Waals surface area contributed by atoms with Crippen molar-refractivity contribution in [3.05, 3.63) is 35.4 Å². The van der Waals surface area contributed by atoms with E-state index in [9.17, 15) is 5.11 Å². The number of hydrogen-bond donors (Lipinski definition) is 2. The van der Waals surface area contributed by atoms with Crippen molar-refractivity contribution in [3.8, 4) is 0 Å². The summed E-state index contributed by atoms with van der Waals surface area (Å²) in [4.78, 5) is 0. The molecule has 2 heteroatoms. The van der Waals surface area contributed by atoms with Crippen LogP contribution in [0.1, 0.15) is 56.6 Å². The molecule has 2 N–H and O–H groups in total. The molecule has 0 aromatic heterocycles. The zero-order valence-corrected chi connectivity index (χ0v) is 12.2. The van der Waals surface area contributed by atoms with E-state index in [1.54, 1.807) is 0 Å². The SMILES string of the molecule is CCC(CC)C(O)CNCc1cccc(C2CC2)c1. The Bertz CT molecular complexity index is 383. The Labute approximate surface area is 117 Å².